The second-order valence-corrected chi connectivity index (χ2v) is 6.88. The van der Waals surface area contributed by atoms with Crippen molar-refractivity contribution < 1.29 is 9.53 Å². The van der Waals surface area contributed by atoms with Crippen molar-refractivity contribution in [3.05, 3.63) is 68.7 Å². The molecule has 0 aliphatic heterocycles. The molecule has 6 nitrogen and oxygen atoms in total. The summed E-state index contributed by atoms with van der Waals surface area (Å²) in [5.41, 5.74) is 1.60. The van der Waals surface area contributed by atoms with Crippen LogP contribution in [0.4, 0.5) is 0 Å². The SMILES string of the molecule is COc1ccc(CC(=O)NCc2n[nH]c(=S)n2-c2ccc(Cl)c(Cl)c2)cc1. The van der Waals surface area contributed by atoms with E-state index in [0.29, 0.717) is 26.3 Å². The molecule has 0 unspecified atom stereocenters. The molecule has 0 spiro atoms. The highest BCUT2D eigenvalue weighted by Gasteiger charge is 2.12. The first-order valence-corrected chi connectivity index (χ1v) is 9.15. The van der Waals surface area contributed by atoms with Gasteiger partial charge in [0.25, 0.3) is 0 Å². The molecule has 1 heterocycles. The number of hydrogen-bond donors (Lipinski definition) is 2. The normalized spacial score (nSPS) is 10.6. The van der Waals surface area contributed by atoms with Gasteiger partial charge in [0.15, 0.2) is 10.6 Å². The molecule has 0 radical (unpaired) electrons. The monoisotopic (exact) mass is 422 g/mol. The molecule has 0 saturated heterocycles. The van der Waals surface area contributed by atoms with Gasteiger partial charge in [-0.25, -0.2) is 0 Å². The van der Waals surface area contributed by atoms with Gasteiger partial charge in [0.05, 0.1) is 35.8 Å². The highest BCUT2D eigenvalue weighted by molar-refractivity contribution is 7.71. The van der Waals surface area contributed by atoms with Gasteiger partial charge in [0.1, 0.15) is 5.75 Å². The molecule has 0 bridgehead atoms. The molecule has 3 rings (SSSR count). The minimum atomic E-state index is -0.130. The number of ether oxygens (including phenoxy) is 1. The molecule has 2 N–H and O–H groups in total. The predicted molar refractivity (Wildman–Crippen MR) is 107 cm³/mol. The Morgan fingerprint density at radius 2 is 1.96 bits per heavy atom. The Morgan fingerprint density at radius 3 is 2.63 bits per heavy atom. The number of H-pyrrole nitrogens is 1. The highest BCUT2D eigenvalue weighted by atomic mass is 35.5. The Balaban J connectivity index is 1.70. The summed E-state index contributed by atoms with van der Waals surface area (Å²) in [5.74, 6) is 1.17. The summed E-state index contributed by atoms with van der Waals surface area (Å²) in [4.78, 5) is 12.2. The maximum absolute atomic E-state index is 12.2. The second kappa shape index (κ2) is 8.56. The van der Waals surface area contributed by atoms with Crippen LogP contribution < -0.4 is 10.1 Å². The summed E-state index contributed by atoms with van der Waals surface area (Å²) >= 11 is 17.3. The number of rotatable bonds is 6. The number of carbonyl (C=O) groups is 1. The van der Waals surface area contributed by atoms with E-state index in [4.69, 9.17) is 40.2 Å². The Bertz CT molecular complexity index is 1010. The average molecular weight is 423 g/mol. The summed E-state index contributed by atoms with van der Waals surface area (Å²) in [5, 5.41) is 10.6. The van der Waals surface area contributed by atoms with Crippen LogP contribution in [0, 0.1) is 4.77 Å². The Morgan fingerprint density at radius 1 is 1.22 bits per heavy atom. The molecule has 2 aromatic carbocycles. The standard InChI is InChI=1S/C18H16Cl2N4O2S/c1-26-13-5-2-11(3-6-13)8-17(25)21-10-16-22-23-18(27)24(16)12-4-7-14(19)15(20)9-12/h2-7,9H,8,10H2,1H3,(H,21,25)(H,23,27). The van der Waals surface area contributed by atoms with Crippen molar-refractivity contribution in [2.45, 2.75) is 13.0 Å². The number of benzene rings is 2. The number of halogens is 2. The summed E-state index contributed by atoms with van der Waals surface area (Å²) in [7, 11) is 1.60. The first-order chi connectivity index (χ1) is 13.0. The fourth-order valence-electron chi connectivity index (χ4n) is 2.51. The minimum Gasteiger partial charge on any atom is -0.497 e. The van der Waals surface area contributed by atoms with Gasteiger partial charge in [-0.1, -0.05) is 35.3 Å². The van der Waals surface area contributed by atoms with Gasteiger partial charge >= 0.3 is 0 Å². The van der Waals surface area contributed by atoms with Crippen molar-refractivity contribution >= 4 is 41.3 Å². The van der Waals surface area contributed by atoms with Crippen molar-refractivity contribution in [3.63, 3.8) is 0 Å². The largest absolute Gasteiger partial charge is 0.497 e. The summed E-state index contributed by atoms with van der Waals surface area (Å²) in [6.07, 6.45) is 0.252. The van der Waals surface area contributed by atoms with E-state index in [0.717, 1.165) is 11.3 Å². The number of aromatic amines is 1. The highest BCUT2D eigenvalue weighted by Crippen LogP contribution is 2.25. The fraction of sp³-hybridized carbons (Fsp3) is 0.167. The molecule has 140 valence electrons. The van der Waals surface area contributed by atoms with Crippen LogP contribution in [0.25, 0.3) is 5.69 Å². The summed E-state index contributed by atoms with van der Waals surface area (Å²) in [6, 6.07) is 12.5. The van der Waals surface area contributed by atoms with Crippen LogP contribution in [-0.4, -0.2) is 27.8 Å². The summed E-state index contributed by atoms with van der Waals surface area (Å²) in [6.45, 7) is 0.211. The number of aromatic nitrogens is 3. The first kappa shape index (κ1) is 19.4. The minimum absolute atomic E-state index is 0.130. The second-order valence-electron chi connectivity index (χ2n) is 5.68. The predicted octanol–water partition coefficient (Wildman–Crippen LogP) is 4.10. The lowest BCUT2D eigenvalue weighted by Gasteiger charge is -2.09. The Hall–Kier alpha value is -2.35. The van der Waals surface area contributed by atoms with E-state index >= 15 is 0 Å². The molecular weight excluding hydrogens is 407 g/mol. The number of nitrogens with one attached hydrogen (secondary N) is 2. The molecular formula is C18H16Cl2N4O2S. The van der Waals surface area contributed by atoms with Gasteiger partial charge in [-0.3, -0.25) is 14.5 Å². The summed E-state index contributed by atoms with van der Waals surface area (Å²) < 4.78 is 7.21. The van der Waals surface area contributed by atoms with Crippen LogP contribution in [0.1, 0.15) is 11.4 Å². The molecule has 27 heavy (non-hydrogen) atoms. The van der Waals surface area contributed by atoms with Crippen molar-refractivity contribution in [1.82, 2.24) is 20.1 Å². The fourth-order valence-corrected chi connectivity index (χ4v) is 3.06. The van der Waals surface area contributed by atoms with Gasteiger partial charge in [-0.05, 0) is 48.1 Å². The van der Waals surface area contributed by atoms with Crippen LogP contribution in [0.5, 0.6) is 5.75 Å². The Labute approximate surface area is 171 Å². The van der Waals surface area contributed by atoms with E-state index in [-0.39, 0.29) is 18.9 Å². The maximum atomic E-state index is 12.2. The number of amides is 1. The van der Waals surface area contributed by atoms with E-state index in [1.807, 2.05) is 24.3 Å². The molecule has 0 aliphatic carbocycles. The zero-order valence-electron chi connectivity index (χ0n) is 14.3. The van der Waals surface area contributed by atoms with Crippen molar-refractivity contribution in [2.24, 2.45) is 0 Å². The van der Waals surface area contributed by atoms with Gasteiger partial charge in [-0.15, -0.1) is 0 Å². The third-order valence-electron chi connectivity index (χ3n) is 3.87. The zero-order chi connectivity index (χ0) is 19.4. The quantitative estimate of drug-likeness (QED) is 0.586. The average Bonchev–Trinajstić information content (AvgIpc) is 3.03. The molecule has 1 amide bonds. The third-order valence-corrected chi connectivity index (χ3v) is 4.88. The zero-order valence-corrected chi connectivity index (χ0v) is 16.7. The van der Waals surface area contributed by atoms with Crippen LogP contribution in [0.3, 0.4) is 0 Å². The molecule has 1 aromatic heterocycles. The topological polar surface area (TPSA) is 71.9 Å². The molecule has 0 atom stereocenters. The lowest BCUT2D eigenvalue weighted by atomic mass is 10.1. The van der Waals surface area contributed by atoms with Crippen LogP contribution in [-0.2, 0) is 17.8 Å². The molecule has 0 fully saturated rings. The van der Waals surface area contributed by atoms with Crippen LogP contribution >= 0.6 is 35.4 Å². The van der Waals surface area contributed by atoms with Crippen molar-refractivity contribution in [3.8, 4) is 11.4 Å². The van der Waals surface area contributed by atoms with Gasteiger partial charge in [0.2, 0.25) is 5.91 Å². The lowest BCUT2D eigenvalue weighted by molar-refractivity contribution is -0.120. The number of carbonyl (C=O) groups excluding carboxylic acids is 1. The smallest absolute Gasteiger partial charge is 0.224 e. The molecule has 0 saturated carbocycles. The van der Waals surface area contributed by atoms with Crippen LogP contribution in [0.15, 0.2) is 42.5 Å². The molecule has 3 aromatic rings. The first-order valence-electron chi connectivity index (χ1n) is 7.99. The van der Waals surface area contributed by atoms with Gasteiger partial charge in [0, 0.05) is 0 Å². The lowest BCUT2D eigenvalue weighted by Crippen LogP contribution is -2.26. The van der Waals surface area contributed by atoms with E-state index in [2.05, 4.69) is 15.5 Å². The van der Waals surface area contributed by atoms with E-state index < -0.39 is 0 Å². The Kier molecular flexibility index (Phi) is 6.15. The van der Waals surface area contributed by atoms with E-state index in [1.165, 1.54) is 0 Å². The number of hydrogen-bond acceptors (Lipinski definition) is 4. The van der Waals surface area contributed by atoms with Gasteiger partial charge < -0.3 is 10.1 Å². The van der Waals surface area contributed by atoms with Gasteiger partial charge in [-0.2, -0.15) is 5.10 Å². The number of nitrogens with zero attached hydrogens (tertiary/aromatic N) is 2. The van der Waals surface area contributed by atoms with E-state index in [9.17, 15) is 4.79 Å². The maximum Gasteiger partial charge on any atom is 0.224 e. The number of methoxy groups -OCH3 is 1. The van der Waals surface area contributed by atoms with Crippen LogP contribution in [0.2, 0.25) is 10.0 Å². The third kappa shape index (κ3) is 4.68. The van der Waals surface area contributed by atoms with Crippen molar-refractivity contribution in [1.29, 1.82) is 0 Å². The van der Waals surface area contributed by atoms with E-state index in [1.54, 1.807) is 29.9 Å². The molecule has 9 heteroatoms. The van der Waals surface area contributed by atoms with Crippen molar-refractivity contribution in [2.75, 3.05) is 7.11 Å². The molecule has 0 aliphatic rings.